The van der Waals surface area contributed by atoms with Crippen molar-refractivity contribution in [3.05, 3.63) is 34.9 Å². The van der Waals surface area contributed by atoms with Crippen LogP contribution in [0.5, 0.6) is 0 Å². The zero-order valence-corrected chi connectivity index (χ0v) is 10.4. The molecule has 1 fully saturated rings. The van der Waals surface area contributed by atoms with Gasteiger partial charge in [-0.15, -0.1) is 0 Å². The summed E-state index contributed by atoms with van der Waals surface area (Å²) in [5.41, 5.74) is 1.05. The fourth-order valence-electron chi connectivity index (χ4n) is 1.98. The third-order valence-electron chi connectivity index (χ3n) is 3.00. The van der Waals surface area contributed by atoms with E-state index in [-0.39, 0.29) is 17.7 Å². The van der Waals surface area contributed by atoms with Crippen LogP contribution in [0.2, 0.25) is 5.02 Å². The van der Waals surface area contributed by atoms with Crippen LogP contribution in [0.1, 0.15) is 24.8 Å². The third-order valence-corrected chi connectivity index (χ3v) is 3.35. The summed E-state index contributed by atoms with van der Waals surface area (Å²) in [6.45, 7) is 1.96. The van der Waals surface area contributed by atoms with Crippen LogP contribution in [-0.2, 0) is 4.79 Å². The lowest BCUT2D eigenvalue weighted by molar-refractivity contribution is -0.122. The molecule has 2 rings (SSSR count). The van der Waals surface area contributed by atoms with Crippen LogP contribution < -0.4 is 5.32 Å². The Bertz CT molecular complexity index is 420. The van der Waals surface area contributed by atoms with Gasteiger partial charge in [-0.2, -0.15) is 0 Å². The third kappa shape index (κ3) is 2.99. The lowest BCUT2D eigenvalue weighted by atomic mass is 10.1. The van der Waals surface area contributed by atoms with Crippen LogP contribution in [0.25, 0.3) is 0 Å². The Morgan fingerprint density at radius 1 is 1.59 bits per heavy atom. The van der Waals surface area contributed by atoms with Crippen molar-refractivity contribution in [3.8, 4) is 0 Å². The van der Waals surface area contributed by atoms with Crippen molar-refractivity contribution in [2.75, 3.05) is 6.54 Å². The maximum Gasteiger partial charge on any atom is 0.223 e. The van der Waals surface area contributed by atoms with Gasteiger partial charge >= 0.3 is 0 Å². The van der Waals surface area contributed by atoms with E-state index in [1.807, 2.05) is 24.3 Å². The van der Waals surface area contributed by atoms with Gasteiger partial charge in [0.05, 0.1) is 6.10 Å². The van der Waals surface area contributed by atoms with Crippen molar-refractivity contribution in [3.63, 3.8) is 0 Å². The van der Waals surface area contributed by atoms with E-state index in [0.29, 0.717) is 6.54 Å². The number of halogens is 1. The highest BCUT2D eigenvalue weighted by molar-refractivity contribution is 6.31. The van der Waals surface area contributed by atoms with Gasteiger partial charge in [0, 0.05) is 17.5 Å². The fraction of sp³-hybridized carbons (Fsp3) is 0.462. The van der Waals surface area contributed by atoms with Crippen molar-refractivity contribution in [1.29, 1.82) is 0 Å². The first-order valence-electron chi connectivity index (χ1n) is 5.79. The number of benzene rings is 1. The van der Waals surface area contributed by atoms with Crippen molar-refractivity contribution >= 4 is 17.5 Å². The SMILES string of the molecule is CC(O)CNC(=O)C1CC1c1ccccc1Cl. The van der Waals surface area contributed by atoms with E-state index in [9.17, 15) is 4.79 Å². The average molecular weight is 254 g/mol. The second-order valence-electron chi connectivity index (χ2n) is 4.56. The highest BCUT2D eigenvalue weighted by Crippen LogP contribution is 2.49. The number of carbonyl (C=O) groups excluding carboxylic acids is 1. The summed E-state index contributed by atoms with van der Waals surface area (Å²) in [6, 6.07) is 7.63. The topological polar surface area (TPSA) is 49.3 Å². The van der Waals surface area contributed by atoms with Gasteiger partial charge in [-0.1, -0.05) is 29.8 Å². The first kappa shape index (κ1) is 12.4. The maximum atomic E-state index is 11.7. The molecule has 1 saturated carbocycles. The largest absolute Gasteiger partial charge is 0.392 e. The maximum absolute atomic E-state index is 11.7. The number of amides is 1. The van der Waals surface area contributed by atoms with E-state index in [4.69, 9.17) is 16.7 Å². The number of nitrogens with one attached hydrogen (secondary N) is 1. The minimum absolute atomic E-state index is 0.00801. The van der Waals surface area contributed by atoms with Gasteiger partial charge in [-0.3, -0.25) is 4.79 Å². The van der Waals surface area contributed by atoms with Gasteiger partial charge in [0.25, 0.3) is 0 Å². The van der Waals surface area contributed by atoms with Crippen LogP contribution in [-0.4, -0.2) is 23.7 Å². The van der Waals surface area contributed by atoms with Crippen LogP contribution in [0.15, 0.2) is 24.3 Å². The molecule has 17 heavy (non-hydrogen) atoms. The number of aliphatic hydroxyl groups excluding tert-OH is 1. The van der Waals surface area contributed by atoms with Crippen LogP contribution in [0.3, 0.4) is 0 Å². The summed E-state index contributed by atoms with van der Waals surface area (Å²) in [5.74, 6) is 0.252. The number of hydrogen-bond donors (Lipinski definition) is 2. The molecule has 1 aliphatic rings. The van der Waals surface area contributed by atoms with Crippen molar-refractivity contribution in [2.24, 2.45) is 5.92 Å². The van der Waals surface area contributed by atoms with Crippen LogP contribution in [0, 0.1) is 5.92 Å². The number of rotatable bonds is 4. The average Bonchev–Trinajstić information content (AvgIpc) is 3.06. The highest BCUT2D eigenvalue weighted by atomic mass is 35.5. The normalized spacial score (nSPS) is 24.2. The Hall–Kier alpha value is -1.06. The van der Waals surface area contributed by atoms with Gasteiger partial charge < -0.3 is 10.4 Å². The Balaban J connectivity index is 1.92. The van der Waals surface area contributed by atoms with E-state index in [1.54, 1.807) is 6.92 Å². The number of hydrogen-bond acceptors (Lipinski definition) is 2. The molecular formula is C13H16ClNO2. The molecule has 2 N–H and O–H groups in total. The quantitative estimate of drug-likeness (QED) is 0.862. The lowest BCUT2D eigenvalue weighted by Crippen LogP contribution is -2.31. The smallest absolute Gasteiger partial charge is 0.223 e. The van der Waals surface area contributed by atoms with Crippen molar-refractivity contribution in [1.82, 2.24) is 5.32 Å². The first-order valence-corrected chi connectivity index (χ1v) is 6.17. The lowest BCUT2D eigenvalue weighted by Gasteiger charge is -2.07. The van der Waals surface area contributed by atoms with Gasteiger partial charge in [-0.05, 0) is 30.9 Å². The summed E-state index contributed by atoms with van der Waals surface area (Å²) in [4.78, 5) is 11.7. The van der Waals surface area contributed by atoms with E-state index in [1.165, 1.54) is 0 Å². The second-order valence-corrected chi connectivity index (χ2v) is 4.97. The predicted molar refractivity (Wildman–Crippen MR) is 67.0 cm³/mol. The van der Waals surface area contributed by atoms with E-state index < -0.39 is 6.10 Å². The minimum atomic E-state index is -0.503. The van der Waals surface area contributed by atoms with Crippen LogP contribution >= 0.6 is 11.6 Å². The fourth-order valence-corrected chi connectivity index (χ4v) is 2.26. The minimum Gasteiger partial charge on any atom is -0.392 e. The molecule has 1 aromatic carbocycles. The first-order chi connectivity index (χ1) is 8.09. The standard InChI is InChI=1S/C13H16ClNO2/c1-8(16)7-15-13(17)11-6-10(11)9-4-2-3-5-12(9)14/h2-5,8,10-11,16H,6-7H2,1H3,(H,15,17). The van der Waals surface area contributed by atoms with Gasteiger partial charge in [0.2, 0.25) is 5.91 Å². The molecule has 0 radical (unpaired) electrons. The Morgan fingerprint density at radius 2 is 2.29 bits per heavy atom. The molecule has 4 heteroatoms. The molecule has 1 amide bonds. The van der Waals surface area contributed by atoms with Gasteiger partial charge in [-0.25, -0.2) is 0 Å². The summed E-state index contributed by atoms with van der Waals surface area (Å²) in [6.07, 6.45) is 0.339. The molecule has 0 bridgehead atoms. The van der Waals surface area contributed by atoms with E-state index in [2.05, 4.69) is 5.32 Å². The Morgan fingerprint density at radius 3 is 2.94 bits per heavy atom. The predicted octanol–water partition coefficient (Wildman–Crippen LogP) is 1.94. The number of carbonyl (C=O) groups is 1. The molecule has 1 aromatic rings. The molecular weight excluding hydrogens is 238 g/mol. The van der Waals surface area contributed by atoms with Gasteiger partial charge in [0.15, 0.2) is 0 Å². The molecule has 0 saturated heterocycles. The molecule has 0 aliphatic heterocycles. The molecule has 1 aliphatic carbocycles. The molecule has 0 spiro atoms. The van der Waals surface area contributed by atoms with E-state index >= 15 is 0 Å². The van der Waals surface area contributed by atoms with E-state index in [0.717, 1.165) is 17.0 Å². The molecule has 92 valence electrons. The molecule has 0 heterocycles. The zero-order valence-electron chi connectivity index (χ0n) is 9.69. The number of aliphatic hydroxyl groups is 1. The van der Waals surface area contributed by atoms with Gasteiger partial charge in [0.1, 0.15) is 0 Å². The van der Waals surface area contributed by atoms with Crippen molar-refractivity contribution < 1.29 is 9.90 Å². The Labute approximate surface area is 106 Å². The second kappa shape index (κ2) is 5.07. The molecule has 3 nitrogen and oxygen atoms in total. The molecule has 0 aromatic heterocycles. The zero-order chi connectivity index (χ0) is 12.4. The van der Waals surface area contributed by atoms with Crippen molar-refractivity contribution in [2.45, 2.75) is 25.4 Å². The monoisotopic (exact) mass is 253 g/mol. The highest BCUT2D eigenvalue weighted by Gasteiger charge is 2.44. The summed E-state index contributed by atoms with van der Waals surface area (Å²) in [7, 11) is 0. The summed E-state index contributed by atoms with van der Waals surface area (Å²) in [5, 5.41) is 12.6. The van der Waals surface area contributed by atoms with Crippen LogP contribution in [0.4, 0.5) is 0 Å². The molecule has 3 atom stereocenters. The summed E-state index contributed by atoms with van der Waals surface area (Å²) < 4.78 is 0. The summed E-state index contributed by atoms with van der Waals surface area (Å²) >= 11 is 6.09. The molecule has 3 unspecified atom stereocenters. The Kier molecular flexibility index (Phi) is 3.69.